The van der Waals surface area contributed by atoms with Crippen LogP contribution < -0.4 is 16.4 Å². The molecule has 0 aliphatic rings. The molecule has 3 aromatic rings. The van der Waals surface area contributed by atoms with E-state index in [0.717, 1.165) is 0 Å². The van der Waals surface area contributed by atoms with Crippen molar-refractivity contribution in [3.05, 3.63) is 76.0 Å². The summed E-state index contributed by atoms with van der Waals surface area (Å²) in [7, 11) is 0. The van der Waals surface area contributed by atoms with Gasteiger partial charge in [0.2, 0.25) is 5.91 Å². The molecule has 31 heavy (non-hydrogen) atoms. The molecule has 0 saturated heterocycles. The van der Waals surface area contributed by atoms with Gasteiger partial charge in [-0.05, 0) is 55.4 Å². The van der Waals surface area contributed by atoms with Crippen LogP contribution in [0.5, 0.6) is 0 Å². The Kier molecular flexibility index (Phi) is 7.70. The van der Waals surface area contributed by atoms with Gasteiger partial charge in [0.1, 0.15) is 11.5 Å². The van der Waals surface area contributed by atoms with Crippen LogP contribution in [-0.4, -0.2) is 29.6 Å². The average Bonchev–Trinajstić information content (AvgIpc) is 3.21. The molecule has 9 heteroatoms. The lowest BCUT2D eigenvalue weighted by atomic mass is 10.1. The number of halogens is 2. The molecule has 0 aliphatic heterocycles. The van der Waals surface area contributed by atoms with Crippen LogP contribution in [0.3, 0.4) is 0 Å². The highest BCUT2D eigenvalue weighted by Crippen LogP contribution is 2.31. The molecular formula is C22H21Cl2N3O4. The number of carboxylic acids is 1. The summed E-state index contributed by atoms with van der Waals surface area (Å²) in [4.78, 5) is 24.1. The number of benzene rings is 2. The van der Waals surface area contributed by atoms with Gasteiger partial charge in [-0.3, -0.25) is 10.1 Å². The van der Waals surface area contributed by atoms with E-state index in [2.05, 4.69) is 10.6 Å². The molecule has 2 aromatic carbocycles. The maximum Gasteiger partial charge on any atom is 0.337 e. The van der Waals surface area contributed by atoms with Gasteiger partial charge >= 0.3 is 5.97 Å². The minimum Gasteiger partial charge on any atom is -0.478 e. The number of hydrogen-bond acceptors (Lipinski definition) is 5. The van der Waals surface area contributed by atoms with Gasteiger partial charge in [0, 0.05) is 10.6 Å². The lowest BCUT2D eigenvalue weighted by molar-refractivity contribution is -0.118. The van der Waals surface area contributed by atoms with Crippen molar-refractivity contribution in [1.29, 1.82) is 0 Å². The van der Waals surface area contributed by atoms with Gasteiger partial charge in [-0.1, -0.05) is 35.3 Å². The summed E-state index contributed by atoms with van der Waals surface area (Å²) in [6, 6.07) is 14.2. The second-order valence-electron chi connectivity index (χ2n) is 6.74. The second-order valence-corrected chi connectivity index (χ2v) is 7.58. The standard InChI is InChI=1S/C22H21Cl2N3O4/c23-13-5-7-17(24)16(11-13)20-8-6-14(31-20)12-26-19(9-10-25)21(28)27-18-4-2-1-3-15(18)22(29)30/h1-8,11,19,26H,9-10,12,25H2,(H,27,28)(H,29,30). The summed E-state index contributed by atoms with van der Waals surface area (Å²) in [6.07, 6.45) is 0.356. The Balaban J connectivity index is 1.69. The van der Waals surface area contributed by atoms with Gasteiger partial charge < -0.3 is 20.6 Å². The molecule has 162 valence electrons. The van der Waals surface area contributed by atoms with Gasteiger partial charge in [-0.2, -0.15) is 0 Å². The first-order valence-electron chi connectivity index (χ1n) is 9.50. The van der Waals surface area contributed by atoms with E-state index in [0.29, 0.717) is 33.6 Å². The first-order chi connectivity index (χ1) is 14.9. The number of carbonyl (C=O) groups is 2. The monoisotopic (exact) mass is 461 g/mol. The van der Waals surface area contributed by atoms with Crippen LogP contribution in [0.1, 0.15) is 22.5 Å². The fourth-order valence-electron chi connectivity index (χ4n) is 3.02. The molecule has 7 nitrogen and oxygen atoms in total. The third-order valence-electron chi connectivity index (χ3n) is 4.57. The van der Waals surface area contributed by atoms with E-state index in [1.165, 1.54) is 12.1 Å². The van der Waals surface area contributed by atoms with Crippen molar-refractivity contribution >= 4 is 40.8 Å². The number of para-hydroxylation sites is 1. The van der Waals surface area contributed by atoms with E-state index in [1.54, 1.807) is 42.5 Å². The van der Waals surface area contributed by atoms with Crippen LogP contribution in [0.4, 0.5) is 5.69 Å². The fraction of sp³-hybridized carbons (Fsp3) is 0.182. The number of furan rings is 1. The molecule has 0 bridgehead atoms. The third kappa shape index (κ3) is 5.86. The van der Waals surface area contributed by atoms with Crippen molar-refractivity contribution in [2.45, 2.75) is 19.0 Å². The SMILES string of the molecule is NCCC(NCc1ccc(-c2cc(Cl)ccc2Cl)o1)C(=O)Nc1ccccc1C(=O)O. The van der Waals surface area contributed by atoms with E-state index in [4.69, 9.17) is 33.4 Å². The number of carboxylic acid groups (broad SMARTS) is 1. The minimum absolute atomic E-state index is 0.0106. The van der Waals surface area contributed by atoms with Gasteiger partial charge in [-0.15, -0.1) is 0 Å². The molecule has 1 unspecified atom stereocenters. The van der Waals surface area contributed by atoms with Crippen LogP contribution in [0.15, 0.2) is 59.0 Å². The molecule has 0 spiro atoms. The van der Waals surface area contributed by atoms with E-state index in [9.17, 15) is 14.7 Å². The van der Waals surface area contributed by atoms with Crippen molar-refractivity contribution in [1.82, 2.24) is 5.32 Å². The first kappa shape index (κ1) is 22.8. The molecule has 5 N–H and O–H groups in total. The van der Waals surface area contributed by atoms with E-state index >= 15 is 0 Å². The highest BCUT2D eigenvalue weighted by molar-refractivity contribution is 6.35. The molecule has 0 saturated carbocycles. The van der Waals surface area contributed by atoms with Gasteiger partial charge in [0.05, 0.1) is 28.9 Å². The molecule has 0 radical (unpaired) electrons. The summed E-state index contributed by atoms with van der Waals surface area (Å²) < 4.78 is 5.84. The third-order valence-corrected chi connectivity index (χ3v) is 5.13. The van der Waals surface area contributed by atoms with Crippen molar-refractivity contribution in [2.75, 3.05) is 11.9 Å². The van der Waals surface area contributed by atoms with Crippen molar-refractivity contribution < 1.29 is 19.1 Å². The zero-order chi connectivity index (χ0) is 22.4. The Morgan fingerprint density at radius 3 is 2.61 bits per heavy atom. The lowest BCUT2D eigenvalue weighted by Crippen LogP contribution is -2.41. The maximum absolute atomic E-state index is 12.7. The Morgan fingerprint density at radius 1 is 1.10 bits per heavy atom. The molecule has 1 atom stereocenters. The molecular weight excluding hydrogens is 441 g/mol. The van der Waals surface area contributed by atoms with Gasteiger partial charge in [0.25, 0.3) is 0 Å². The van der Waals surface area contributed by atoms with Crippen LogP contribution in [0, 0.1) is 0 Å². The molecule has 1 heterocycles. The lowest BCUT2D eigenvalue weighted by Gasteiger charge is -2.18. The zero-order valence-electron chi connectivity index (χ0n) is 16.4. The highest BCUT2D eigenvalue weighted by Gasteiger charge is 2.20. The van der Waals surface area contributed by atoms with E-state index in [1.807, 2.05) is 0 Å². The topological polar surface area (TPSA) is 118 Å². The maximum atomic E-state index is 12.7. The Hall–Kier alpha value is -2.84. The Morgan fingerprint density at radius 2 is 1.87 bits per heavy atom. The van der Waals surface area contributed by atoms with Crippen LogP contribution in [0.25, 0.3) is 11.3 Å². The predicted molar refractivity (Wildman–Crippen MR) is 120 cm³/mol. The predicted octanol–water partition coefficient (Wildman–Crippen LogP) is 4.40. The first-order valence-corrected chi connectivity index (χ1v) is 10.3. The quantitative estimate of drug-likeness (QED) is 0.375. The summed E-state index contributed by atoms with van der Waals surface area (Å²) in [5, 5.41) is 16.1. The molecule has 1 aromatic heterocycles. The summed E-state index contributed by atoms with van der Waals surface area (Å²) >= 11 is 12.3. The summed E-state index contributed by atoms with van der Waals surface area (Å²) in [5.41, 5.74) is 6.55. The van der Waals surface area contributed by atoms with Crippen molar-refractivity contribution in [2.24, 2.45) is 5.73 Å². The number of nitrogens with one attached hydrogen (secondary N) is 2. The zero-order valence-corrected chi connectivity index (χ0v) is 17.9. The number of anilines is 1. The molecule has 0 aliphatic carbocycles. The second kappa shape index (κ2) is 10.5. The number of nitrogens with two attached hydrogens (primary N) is 1. The molecule has 0 fully saturated rings. The van der Waals surface area contributed by atoms with Gasteiger partial charge in [-0.25, -0.2) is 4.79 Å². The number of hydrogen-bond donors (Lipinski definition) is 4. The van der Waals surface area contributed by atoms with Crippen LogP contribution in [-0.2, 0) is 11.3 Å². The average molecular weight is 462 g/mol. The summed E-state index contributed by atoms with van der Waals surface area (Å²) in [5.74, 6) is -0.364. The van der Waals surface area contributed by atoms with Crippen LogP contribution >= 0.6 is 23.2 Å². The normalized spacial score (nSPS) is 11.8. The van der Waals surface area contributed by atoms with Crippen LogP contribution in [0.2, 0.25) is 10.0 Å². The Bertz CT molecular complexity index is 1080. The number of carbonyl (C=O) groups excluding carboxylic acids is 1. The Labute approximate surface area is 189 Å². The number of amides is 1. The van der Waals surface area contributed by atoms with Crippen molar-refractivity contribution in [3.63, 3.8) is 0 Å². The van der Waals surface area contributed by atoms with Gasteiger partial charge in [0.15, 0.2) is 0 Å². The van der Waals surface area contributed by atoms with E-state index < -0.39 is 12.0 Å². The smallest absolute Gasteiger partial charge is 0.337 e. The molecule has 1 amide bonds. The largest absolute Gasteiger partial charge is 0.478 e. The fourth-order valence-corrected chi connectivity index (χ4v) is 3.40. The minimum atomic E-state index is -1.12. The highest BCUT2D eigenvalue weighted by atomic mass is 35.5. The van der Waals surface area contributed by atoms with E-state index in [-0.39, 0.29) is 30.2 Å². The molecule has 3 rings (SSSR count). The number of rotatable bonds is 9. The number of aromatic carboxylic acids is 1. The summed E-state index contributed by atoms with van der Waals surface area (Å²) in [6.45, 7) is 0.532. The van der Waals surface area contributed by atoms with Crippen molar-refractivity contribution in [3.8, 4) is 11.3 Å².